The van der Waals surface area contributed by atoms with Crippen LogP contribution in [0.2, 0.25) is 13.1 Å². The molecule has 0 radical (unpaired) electrons. The monoisotopic (exact) mass is 592 g/mol. The minimum Gasteiger partial charge on any atom is -1.00 e. The molecular weight excluding hydrogens is 567 g/mol. The first-order valence-electron chi connectivity index (χ1n) is 11.2. The van der Waals surface area contributed by atoms with Gasteiger partial charge in [-0.15, -0.1) is 63.0 Å². The van der Waals surface area contributed by atoms with E-state index in [0.29, 0.717) is 0 Å². The predicted molar refractivity (Wildman–Crippen MR) is 141 cm³/mol. The van der Waals surface area contributed by atoms with Gasteiger partial charge in [-0.05, 0) is 17.7 Å². The van der Waals surface area contributed by atoms with Crippen molar-refractivity contribution >= 4 is 37.8 Å². The molecule has 1 nitrogen and oxygen atoms in total. The largest absolute Gasteiger partial charge is 1.00 e. The molecule has 0 N–H and O–H groups in total. The Balaban J connectivity index is 0.000000205. The van der Waals surface area contributed by atoms with E-state index in [0.717, 1.165) is 5.76 Å². The summed E-state index contributed by atoms with van der Waals surface area (Å²) in [6, 6.07) is 32.1. The van der Waals surface area contributed by atoms with Crippen molar-refractivity contribution in [3.8, 4) is 11.3 Å². The average Bonchev–Trinajstić information content (AvgIpc) is 3.52. The zero-order chi connectivity index (χ0) is 23.4. The van der Waals surface area contributed by atoms with Crippen molar-refractivity contribution in [1.82, 2.24) is 0 Å². The molecule has 0 aliphatic heterocycles. The molecule has 0 aliphatic carbocycles. The first-order valence-corrected chi connectivity index (χ1v) is 17.4. The number of halogens is 2. The van der Waals surface area contributed by atoms with E-state index in [4.69, 9.17) is 4.42 Å². The zero-order valence-electron chi connectivity index (χ0n) is 20.4. The molecular formula is C30H28Cl2OSiZr-2. The van der Waals surface area contributed by atoms with Gasteiger partial charge in [-0.3, -0.25) is 0 Å². The van der Waals surface area contributed by atoms with Crippen LogP contribution < -0.4 is 24.8 Å². The standard InChI is InChI=1S/C14H11O.C14H11.C2H6Si.2ClH.Zr/c1-10-8-11-4-2-5-12(13(11)9-10)14-6-3-7-15-14;1-10-8-12-7-6-11-4-2-3-5-13(11)14(12)9-10;1-3-2;;;/h2-9H,1H3;2-9H,1H3;1-2H3;2*1H;/q2*-1;;;;+2/p-2. The van der Waals surface area contributed by atoms with Crippen LogP contribution in [0, 0.1) is 13.8 Å². The molecule has 35 heavy (non-hydrogen) atoms. The van der Waals surface area contributed by atoms with Crippen molar-refractivity contribution < 1.29 is 52.6 Å². The van der Waals surface area contributed by atoms with E-state index < -0.39 is 0 Å². The molecule has 0 fully saturated rings. The Kier molecular flexibility index (Phi) is 11.2. The second-order valence-corrected chi connectivity index (χ2v) is 18.0. The molecule has 178 valence electrons. The maximum Gasteiger partial charge on any atom is 0.124 e. The second kappa shape index (κ2) is 13.4. The molecule has 0 saturated carbocycles. The van der Waals surface area contributed by atoms with E-state index in [1.54, 1.807) is 29.6 Å². The smallest absolute Gasteiger partial charge is 0.124 e. The van der Waals surface area contributed by atoms with Crippen LogP contribution in [0.15, 0.2) is 102 Å². The number of rotatable bonds is 1. The summed E-state index contributed by atoms with van der Waals surface area (Å²) < 4.78 is 5.44. The zero-order valence-corrected chi connectivity index (χ0v) is 25.4. The van der Waals surface area contributed by atoms with Gasteiger partial charge in [0.1, 0.15) is 5.76 Å². The van der Waals surface area contributed by atoms with Gasteiger partial charge in [-0.1, -0.05) is 61.0 Å². The van der Waals surface area contributed by atoms with Crippen LogP contribution >= 0.6 is 0 Å². The maximum absolute atomic E-state index is 5.44. The SMILES string of the molecule is C[Si](C)=[Zr+2].Cc1cc2c(-c3ccco3)cccc2[cH-]1.Cc1cc2ccc3ccccc3c2[cH-]1.[Cl-].[Cl-]. The van der Waals surface area contributed by atoms with Crippen molar-refractivity contribution in [1.29, 1.82) is 0 Å². The molecule has 6 rings (SSSR count). The van der Waals surface area contributed by atoms with Gasteiger partial charge in [0.15, 0.2) is 0 Å². The van der Waals surface area contributed by atoms with Gasteiger partial charge in [0.2, 0.25) is 0 Å². The minimum absolute atomic E-state index is 0. The van der Waals surface area contributed by atoms with Gasteiger partial charge in [0.25, 0.3) is 0 Å². The predicted octanol–water partition coefficient (Wildman–Crippen LogP) is 2.94. The van der Waals surface area contributed by atoms with Crippen LogP contribution in [0.3, 0.4) is 0 Å². The van der Waals surface area contributed by atoms with E-state index in [1.807, 2.05) is 12.1 Å². The van der Waals surface area contributed by atoms with Crippen molar-refractivity contribution in [2.75, 3.05) is 0 Å². The fourth-order valence-electron chi connectivity index (χ4n) is 4.15. The maximum atomic E-state index is 5.44. The topological polar surface area (TPSA) is 13.1 Å². The van der Waals surface area contributed by atoms with Crippen LogP contribution in [-0.2, 0) is 23.3 Å². The van der Waals surface area contributed by atoms with Crippen molar-refractivity contribution in [2.24, 2.45) is 0 Å². The Bertz CT molecular complexity index is 1520. The third-order valence-corrected chi connectivity index (χ3v) is 5.44. The number of fused-ring (bicyclic) bond motifs is 4. The normalized spacial score (nSPS) is 10.0. The molecule has 0 atom stereocenters. The van der Waals surface area contributed by atoms with E-state index in [9.17, 15) is 0 Å². The van der Waals surface area contributed by atoms with Gasteiger partial charge in [0, 0.05) is 0 Å². The second-order valence-electron chi connectivity index (χ2n) is 8.64. The summed E-state index contributed by atoms with van der Waals surface area (Å²) in [6.45, 7) is 8.88. The summed E-state index contributed by atoms with van der Waals surface area (Å²) in [5, 5.41) is 7.96. The van der Waals surface area contributed by atoms with Gasteiger partial charge >= 0.3 is 41.9 Å². The Labute approximate surface area is 235 Å². The van der Waals surface area contributed by atoms with Crippen molar-refractivity contribution in [3.05, 3.63) is 108 Å². The summed E-state index contributed by atoms with van der Waals surface area (Å²) in [5.74, 6) is 0.936. The van der Waals surface area contributed by atoms with Crippen LogP contribution in [0.4, 0.5) is 0 Å². The third-order valence-electron chi connectivity index (χ3n) is 5.44. The number of hydrogen-bond donors (Lipinski definition) is 0. The molecule has 1 heterocycles. The average molecular weight is 595 g/mol. The molecule has 1 aromatic heterocycles. The summed E-state index contributed by atoms with van der Waals surface area (Å²) in [6.07, 6.45) is 1.71. The number of benzene rings is 3. The molecule has 0 unspecified atom stereocenters. The van der Waals surface area contributed by atoms with E-state index in [2.05, 4.69) is 106 Å². The van der Waals surface area contributed by atoms with E-state index in [1.165, 1.54) is 49.0 Å². The van der Waals surface area contributed by atoms with Crippen molar-refractivity contribution in [3.63, 3.8) is 0 Å². The van der Waals surface area contributed by atoms with Crippen LogP contribution in [-0.4, -0.2) is 5.43 Å². The summed E-state index contributed by atoms with van der Waals surface area (Å²) >= 11 is 1.74. The van der Waals surface area contributed by atoms with Gasteiger partial charge in [-0.2, -0.15) is 12.1 Å². The first kappa shape index (κ1) is 29.3. The van der Waals surface area contributed by atoms with Crippen LogP contribution in [0.1, 0.15) is 11.1 Å². The fraction of sp³-hybridized carbons (Fsp3) is 0.133. The molecule has 5 heteroatoms. The number of furan rings is 1. The summed E-state index contributed by atoms with van der Waals surface area (Å²) in [5.41, 5.74) is 4.02. The van der Waals surface area contributed by atoms with Gasteiger partial charge in [-0.25, -0.2) is 0 Å². The summed E-state index contributed by atoms with van der Waals surface area (Å²) in [4.78, 5) is 0. The first-order chi connectivity index (χ1) is 15.9. The van der Waals surface area contributed by atoms with Crippen LogP contribution in [0.5, 0.6) is 0 Å². The molecule has 0 spiro atoms. The van der Waals surface area contributed by atoms with Gasteiger partial charge < -0.3 is 29.2 Å². The molecule has 0 amide bonds. The number of aryl methyl sites for hydroxylation is 2. The molecule has 0 saturated heterocycles. The quantitative estimate of drug-likeness (QED) is 0.211. The Morgan fingerprint density at radius 2 is 1.40 bits per heavy atom. The minimum atomic E-state index is 0. The van der Waals surface area contributed by atoms with Crippen molar-refractivity contribution in [2.45, 2.75) is 26.9 Å². The Morgan fingerprint density at radius 1 is 0.714 bits per heavy atom. The molecule has 0 bridgehead atoms. The Hall–Kier alpha value is -1.90. The molecule has 0 aliphatic rings. The van der Waals surface area contributed by atoms with E-state index in [-0.39, 0.29) is 30.2 Å². The molecule has 5 aromatic carbocycles. The summed E-state index contributed by atoms with van der Waals surface area (Å²) in [7, 11) is 0. The third kappa shape index (κ3) is 7.30. The Morgan fingerprint density at radius 3 is 2.11 bits per heavy atom. The van der Waals surface area contributed by atoms with Gasteiger partial charge in [0.05, 0.1) is 6.26 Å². The fourth-order valence-corrected chi connectivity index (χ4v) is 4.15. The van der Waals surface area contributed by atoms with E-state index >= 15 is 0 Å². The number of hydrogen-bond acceptors (Lipinski definition) is 1. The van der Waals surface area contributed by atoms with Crippen LogP contribution in [0.25, 0.3) is 43.6 Å². The molecule has 6 aromatic rings.